The molecule has 0 aliphatic carbocycles. The molecule has 2 heterocycles. The Hall–Kier alpha value is -1.02. The van der Waals surface area contributed by atoms with Crippen molar-refractivity contribution >= 4 is 10.2 Å². The lowest BCUT2D eigenvalue weighted by molar-refractivity contribution is 0.306. The SMILES string of the molecule is CC(c1ccncc1)N(C)S(=O)(=O)N1CCNCC1. The van der Waals surface area contributed by atoms with E-state index < -0.39 is 10.2 Å². The van der Waals surface area contributed by atoms with E-state index in [0.717, 1.165) is 5.56 Å². The highest BCUT2D eigenvalue weighted by molar-refractivity contribution is 7.86. The van der Waals surface area contributed by atoms with Crippen molar-refractivity contribution in [3.63, 3.8) is 0 Å². The highest BCUT2D eigenvalue weighted by atomic mass is 32.2. The highest BCUT2D eigenvalue weighted by Crippen LogP contribution is 2.22. The molecular formula is C12H20N4O2S. The largest absolute Gasteiger partial charge is 0.314 e. The highest BCUT2D eigenvalue weighted by Gasteiger charge is 2.31. The Morgan fingerprint density at radius 3 is 2.47 bits per heavy atom. The van der Waals surface area contributed by atoms with Crippen molar-refractivity contribution in [3.05, 3.63) is 30.1 Å². The van der Waals surface area contributed by atoms with Gasteiger partial charge in [0, 0.05) is 51.7 Å². The van der Waals surface area contributed by atoms with Gasteiger partial charge >= 0.3 is 0 Å². The lowest BCUT2D eigenvalue weighted by Gasteiger charge is -2.33. The second-order valence-electron chi connectivity index (χ2n) is 4.63. The fraction of sp³-hybridized carbons (Fsp3) is 0.583. The number of rotatable bonds is 4. The molecule has 0 saturated carbocycles. The third-order valence-corrected chi connectivity index (χ3v) is 5.56. The first-order valence-electron chi connectivity index (χ1n) is 6.37. The topological polar surface area (TPSA) is 65.5 Å². The van der Waals surface area contributed by atoms with Crippen molar-refractivity contribution in [2.75, 3.05) is 33.2 Å². The van der Waals surface area contributed by atoms with Gasteiger partial charge in [0.15, 0.2) is 0 Å². The number of nitrogens with one attached hydrogen (secondary N) is 1. The summed E-state index contributed by atoms with van der Waals surface area (Å²) in [5, 5.41) is 3.15. The quantitative estimate of drug-likeness (QED) is 0.859. The Morgan fingerprint density at radius 2 is 1.89 bits per heavy atom. The lowest BCUT2D eigenvalue weighted by atomic mass is 10.1. The number of pyridine rings is 1. The predicted octanol–water partition coefficient (Wildman–Crippen LogP) is 0.224. The molecule has 1 aliphatic rings. The van der Waals surface area contributed by atoms with Gasteiger partial charge in [0.05, 0.1) is 0 Å². The number of aromatic nitrogens is 1. The zero-order chi connectivity index (χ0) is 13.9. The summed E-state index contributed by atoms with van der Waals surface area (Å²) in [6.45, 7) is 4.34. The van der Waals surface area contributed by atoms with Gasteiger partial charge in [-0.3, -0.25) is 4.98 Å². The molecule has 106 valence electrons. The average Bonchev–Trinajstić information content (AvgIpc) is 2.47. The van der Waals surface area contributed by atoms with Gasteiger partial charge in [0.1, 0.15) is 0 Å². The first-order chi connectivity index (χ1) is 9.03. The van der Waals surface area contributed by atoms with Crippen LogP contribution in [0.15, 0.2) is 24.5 Å². The van der Waals surface area contributed by atoms with Crippen LogP contribution in [0, 0.1) is 0 Å². The molecule has 0 bridgehead atoms. The van der Waals surface area contributed by atoms with Gasteiger partial charge in [-0.15, -0.1) is 0 Å². The monoisotopic (exact) mass is 284 g/mol. The molecule has 1 aromatic heterocycles. The van der Waals surface area contributed by atoms with E-state index >= 15 is 0 Å². The van der Waals surface area contributed by atoms with Crippen LogP contribution in [0.3, 0.4) is 0 Å². The third kappa shape index (κ3) is 3.11. The van der Waals surface area contributed by atoms with Crippen LogP contribution in [-0.2, 0) is 10.2 Å². The lowest BCUT2D eigenvalue weighted by Crippen LogP contribution is -2.51. The first kappa shape index (κ1) is 14.4. The molecule has 0 aromatic carbocycles. The van der Waals surface area contributed by atoms with Crippen molar-refractivity contribution in [1.82, 2.24) is 18.9 Å². The fourth-order valence-corrected chi connectivity index (χ4v) is 3.64. The number of hydrogen-bond donors (Lipinski definition) is 1. The summed E-state index contributed by atoms with van der Waals surface area (Å²) in [6, 6.07) is 3.48. The molecule has 6 nitrogen and oxygen atoms in total. The summed E-state index contributed by atoms with van der Waals surface area (Å²) in [6.07, 6.45) is 3.36. The Morgan fingerprint density at radius 1 is 1.32 bits per heavy atom. The molecule has 1 aromatic rings. The minimum Gasteiger partial charge on any atom is -0.314 e. The molecule has 1 saturated heterocycles. The van der Waals surface area contributed by atoms with E-state index in [1.807, 2.05) is 19.1 Å². The van der Waals surface area contributed by atoms with Gasteiger partial charge in [0.2, 0.25) is 0 Å². The van der Waals surface area contributed by atoms with E-state index in [4.69, 9.17) is 0 Å². The summed E-state index contributed by atoms with van der Waals surface area (Å²) in [5.41, 5.74) is 0.941. The Balaban J connectivity index is 2.15. The normalized spacial score (nSPS) is 19.5. The van der Waals surface area contributed by atoms with Crippen LogP contribution < -0.4 is 5.32 Å². The van der Waals surface area contributed by atoms with Crippen LogP contribution in [0.25, 0.3) is 0 Å². The van der Waals surface area contributed by atoms with Gasteiger partial charge in [-0.2, -0.15) is 17.0 Å². The zero-order valence-corrected chi connectivity index (χ0v) is 12.1. The van der Waals surface area contributed by atoms with Gasteiger partial charge in [-0.1, -0.05) is 0 Å². The van der Waals surface area contributed by atoms with Gasteiger partial charge < -0.3 is 5.32 Å². The van der Waals surface area contributed by atoms with Gasteiger partial charge in [-0.05, 0) is 24.6 Å². The summed E-state index contributed by atoms with van der Waals surface area (Å²) >= 11 is 0. The van der Waals surface area contributed by atoms with E-state index in [1.54, 1.807) is 19.4 Å². The number of piperazine rings is 1. The summed E-state index contributed by atoms with van der Waals surface area (Å²) in [5.74, 6) is 0. The summed E-state index contributed by atoms with van der Waals surface area (Å²) < 4.78 is 28.0. The first-order valence-corrected chi connectivity index (χ1v) is 7.77. The van der Waals surface area contributed by atoms with E-state index in [2.05, 4.69) is 10.3 Å². The van der Waals surface area contributed by atoms with E-state index in [1.165, 1.54) is 8.61 Å². The molecule has 1 aliphatic heterocycles. The van der Waals surface area contributed by atoms with Crippen molar-refractivity contribution in [2.24, 2.45) is 0 Å². The minimum atomic E-state index is -3.40. The van der Waals surface area contributed by atoms with E-state index in [-0.39, 0.29) is 6.04 Å². The molecule has 0 spiro atoms. The van der Waals surface area contributed by atoms with Crippen molar-refractivity contribution < 1.29 is 8.42 Å². The fourth-order valence-electron chi connectivity index (χ4n) is 2.11. The van der Waals surface area contributed by atoms with Crippen molar-refractivity contribution in [1.29, 1.82) is 0 Å². The van der Waals surface area contributed by atoms with Gasteiger partial charge in [0.25, 0.3) is 10.2 Å². The van der Waals surface area contributed by atoms with E-state index in [9.17, 15) is 8.42 Å². The van der Waals surface area contributed by atoms with Crippen LogP contribution in [0.5, 0.6) is 0 Å². The van der Waals surface area contributed by atoms with Crippen LogP contribution >= 0.6 is 0 Å². The molecule has 19 heavy (non-hydrogen) atoms. The molecule has 0 amide bonds. The Labute approximate surface area is 114 Å². The maximum atomic E-state index is 12.5. The van der Waals surface area contributed by atoms with E-state index in [0.29, 0.717) is 26.2 Å². The van der Waals surface area contributed by atoms with Crippen LogP contribution in [-0.4, -0.2) is 55.2 Å². The van der Waals surface area contributed by atoms with Gasteiger partial charge in [-0.25, -0.2) is 0 Å². The summed E-state index contributed by atoms with van der Waals surface area (Å²) in [4.78, 5) is 3.95. The minimum absolute atomic E-state index is 0.206. The second kappa shape index (κ2) is 5.96. The zero-order valence-electron chi connectivity index (χ0n) is 11.3. The molecular weight excluding hydrogens is 264 g/mol. The van der Waals surface area contributed by atoms with Crippen molar-refractivity contribution in [3.8, 4) is 0 Å². The predicted molar refractivity (Wildman–Crippen MR) is 73.8 cm³/mol. The van der Waals surface area contributed by atoms with Crippen LogP contribution in [0.4, 0.5) is 0 Å². The average molecular weight is 284 g/mol. The summed E-state index contributed by atoms with van der Waals surface area (Å²) in [7, 11) is -1.78. The van der Waals surface area contributed by atoms with Crippen molar-refractivity contribution in [2.45, 2.75) is 13.0 Å². The second-order valence-corrected chi connectivity index (χ2v) is 6.62. The Bertz CT molecular complexity index is 500. The smallest absolute Gasteiger partial charge is 0.282 e. The standard InChI is InChI=1S/C12H20N4O2S/c1-11(12-3-5-13-6-4-12)15(2)19(17,18)16-9-7-14-8-10-16/h3-6,11,14H,7-10H2,1-2H3. The molecule has 1 unspecified atom stereocenters. The maximum absolute atomic E-state index is 12.5. The van der Waals surface area contributed by atoms with Crippen LogP contribution in [0.2, 0.25) is 0 Å². The molecule has 0 radical (unpaired) electrons. The maximum Gasteiger partial charge on any atom is 0.282 e. The molecule has 1 fully saturated rings. The van der Waals surface area contributed by atoms with Crippen LogP contribution in [0.1, 0.15) is 18.5 Å². The molecule has 2 rings (SSSR count). The molecule has 1 N–H and O–H groups in total. The third-order valence-electron chi connectivity index (χ3n) is 3.50. The number of nitrogens with zero attached hydrogens (tertiary/aromatic N) is 3. The molecule has 7 heteroatoms. The Kier molecular flexibility index (Phi) is 4.51. The molecule has 1 atom stereocenters. The number of hydrogen-bond acceptors (Lipinski definition) is 4.